The third-order valence-electron chi connectivity index (χ3n) is 3.98. The lowest BCUT2D eigenvalue weighted by Gasteiger charge is -2.23. The van der Waals surface area contributed by atoms with E-state index < -0.39 is 0 Å². The highest BCUT2D eigenvalue weighted by Crippen LogP contribution is 2.30. The number of rotatable bonds is 3. The second-order valence-electron chi connectivity index (χ2n) is 5.07. The summed E-state index contributed by atoms with van der Waals surface area (Å²) in [5.41, 5.74) is 9.75. The lowest BCUT2D eigenvalue weighted by molar-refractivity contribution is 0.401. The van der Waals surface area contributed by atoms with Gasteiger partial charge in [-0.15, -0.1) is 0 Å². The fraction of sp³-hybridized carbons (Fsp3) is 0.643. The summed E-state index contributed by atoms with van der Waals surface area (Å²) in [5, 5.41) is 4.28. The molecule has 17 heavy (non-hydrogen) atoms. The van der Waals surface area contributed by atoms with Gasteiger partial charge in [0, 0.05) is 24.8 Å². The Morgan fingerprint density at radius 3 is 2.71 bits per heavy atom. The zero-order chi connectivity index (χ0) is 12.3. The molecule has 1 aliphatic rings. The molecule has 1 heterocycles. The number of nitrogens with two attached hydrogens (primary N) is 1. The van der Waals surface area contributed by atoms with Crippen molar-refractivity contribution in [2.24, 2.45) is 18.7 Å². The second kappa shape index (κ2) is 5.50. The first-order valence-electron chi connectivity index (χ1n) is 6.61. The van der Waals surface area contributed by atoms with E-state index in [1.165, 1.54) is 48.9 Å². The van der Waals surface area contributed by atoms with Crippen LogP contribution in [0.5, 0.6) is 0 Å². The van der Waals surface area contributed by atoms with E-state index >= 15 is 0 Å². The molecule has 0 amide bonds. The minimum absolute atomic E-state index is 0.680. The zero-order valence-corrected chi connectivity index (χ0v) is 10.9. The number of nitrogens with zero attached hydrogens (tertiary/aromatic N) is 2. The molecule has 0 atom stereocenters. The molecule has 0 unspecified atom stereocenters. The molecule has 0 saturated heterocycles. The summed E-state index contributed by atoms with van der Waals surface area (Å²) in [6.45, 7) is 2.78. The first-order valence-corrected chi connectivity index (χ1v) is 6.61. The maximum Gasteiger partial charge on any atom is 0.0564 e. The zero-order valence-electron chi connectivity index (χ0n) is 10.9. The average molecular weight is 233 g/mol. The minimum Gasteiger partial charge on any atom is -0.327 e. The van der Waals surface area contributed by atoms with Gasteiger partial charge in [-0.2, -0.15) is 5.10 Å². The molecule has 2 N–H and O–H groups in total. The number of hydrogen-bond donors (Lipinski definition) is 1. The van der Waals surface area contributed by atoms with Crippen molar-refractivity contribution in [2.45, 2.75) is 39.0 Å². The maximum absolute atomic E-state index is 5.91. The van der Waals surface area contributed by atoms with Crippen LogP contribution in [0.25, 0.3) is 6.08 Å². The summed E-state index contributed by atoms with van der Waals surface area (Å²) in [6, 6.07) is 0. The Hall–Kier alpha value is -1.09. The molecule has 1 fully saturated rings. The summed E-state index contributed by atoms with van der Waals surface area (Å²) in [7, 11) is 1.98. The SMILES string of the molecule is Cc1c(C=C(CN)C2CCCCC2)cnn1C. The largest absolute Gasteiger partial charge is 0.327 e. The summed E-state index contributed by atoms with van der Waals surface area (Å²) < 4.78 is 1.92. The van der Waals surface area contributed by atoms with Gasteiger partial charge < -0.3 is 5.73 Å². The molecule has 1 aromatic rings. The highest BCUT2D eigenvalue weighted by Gasteiger charge is 2.17. The molecule has 0 bridgehead atoms. The first kappa shape index (κ1) is 12.4. The van der Waals surface area contributed by atoms with E-state index in [1.807, 2.05) is 17.9 Å². The van der Waals surface area contributed by atoms with Gasteiger partial charge in [-0.25, -0.2) is 0 Å². The highest BCUT2D eigenvalue weighted by atomic mass is 15.3. The monoisotopic (exact) mass is 233 g/mol. The van der Waals surface area contributed by atoms with Crippen LogP contribution in [0.1, 0.15) is 43.4 Å². The molecule has 1 aliphatic carbocycles. The fourth-order valence-electron chi connectivity index (χ4n) is 2.67. The van der Waals surface area contributed by atoms with E-state index in [0.717, 1.165) is 0 Å². The molecule has 3 nitrogen and oxygen atoms in total. The van der Waals surface area contributed by atoms with Crippen molar-refractivity contribution in [1.82, 2.24) is 9.78 Å². The van der Waals surface area contributed by atoms with Gasteiger partial charge in [-0.05, 0) is 25.7 Å². The average Bonchev–Trinajstić information content (AvgIpc) is 2.68. The van der Waals surface area contributed by atoms with Crippen LogP contribution in [-0.2, 0) is 7.05 Å². The number of aromatic nitrogens is 2. The van der Waals surface area contributed by atoms with Crippen LogP contribution in [0, 0.1) is 12.8 Å². The Labute approximate surface area is 104 Å². The Bertz CT molecular complexity index is 398. The minimum atomic E-state index is 0.680. The number of hydrogen-bond acceptors (Lipinski definition) is 2. The summed E-state index contributed by atoms with van der Waals surface area (Å²) >= 11 is 0. The Morgan fingerprint density at radius 2 is 2.18 bits per heavy atom. The van der Waals surface area contributed by atoms with E-state index in [0.29, 0.717) is 12.5 Å². The maximum atomic E-state index is 5.91. The quantitative estimate of drug-likeness (QED) is 0.872. The van der Waals surface area contributed by atoms with E-state index in [-0.39, 0.29) is 0 Å². The fourth-order valence-corrected chi connectivity index (χ4v) is 2.67. The summed E-state index contributed by atoms with van der Waals surface area (Å²) in [6.07, 6.45) is 10.9. The third-order valence-corrected chi connectivity index (χ3v) is 3.98. The third kappa shape index (κ3) is 2.78. The molecule has 0 aliphatic heterocycles. The highest BCUT2D eigenvalue weighted by molar-refractivity contribution is 5.55. The van der Waals surface area contributed by atoms with E-state index in [9.17, 15) is 0 Å². The molecule has 0 aromatic carbocycles. The van der Waals surface area contributed by atoms with Crippen LogP contribution in [0.15, 0.2) is 11.8 Å². The summed E-state index contributed by atoms with van der Waals surface area (Å²) in [5.74, 6) is 0.702. The predicted octanol–water partition coefficient (Wildman–Crippen LogP) is 2.65. The Balaban J connectivity index is 2.19. The molecule has 0 spiro atoms. The van der Waals surface area contributed by atoms with Crippen LogP contribution in [0.2, 0.25) is 0 Å². The molecule has 3 heteroatoms. The van der Waals surface area contributed by atoms with Gasteiger partial charge in [0.15, 0.2) is 0 Å². The molecular weight excluding hydrogens is 210 g/mol. The van der Waals surface area contributed by atoms with Crippen molar-refractivity contribution < 1.29 is 0 Å². The topological polar surface area (TPSA) is 43.8 Å². The van der Waals surface area contributed by atoms with Crippen molar-refractivity contribution in [3.8, 4) is 0 Å². The van der Waals surface area contributed by atoms with Gasteiger partial charge in [0.2, 0.25) is 0 Å². The van der Waals surface area contributed by atoms with Crippen LogP contribution < -0.4 is 5.73 Å². The summed E-state index contributed by atoms with van der Waals surface area (Å²) in [4.78, 5) is 0. The van der Waals surface area contributed by atoms with Gasteiger partial charge >= 0.3 is 0 Å². The second-order valence-corrected chi connectivity index (χ2v) is 5.07. The van der Waals surface area contributed by atoms with Gasteiger partial charge in [-0.1, -0.05) is 30.9 Å². The Kier molecular flexibility index (Phi) is 4.00. The van der Waals surface area contributed by atoms with Crippen molar-refractivity contribution in [1.29, 1.82) is 0 Å². The van der Waals surface area contributed by atoms with Gasteiger partial charge in [0.1, 0.15) is 0 Å². The van der Waals surface area contributed by atoms with E-state index in [2.05, 4.69) is 18.1 Å². The number of aryl methyl sites for hydroxylation is 1. The lowest BCUT2D eigenvalue weighted by Crippen LogP contribution is -2.16. The van der Waals surface area contributed by atoms with Crippen LogP contribution in [0.4, 0.5) is 0 Å². The van der Waals surface area contributed by atoms with E-state index in [1.54, 1.807) is 0 Å². The standard InChI is InChI=1S/C14H23N3/c1-11-14(10-16-17(11)2)8-13(9-15)12-6-4-3-5-7-12/h8,10,12H,3-7,9,15H2,1-2H3. The van der Waals surface area contributed by atoms with Crippen molar-refractivity contribution in [3.63, 3.8) is 0 Å². The van der Waals surface area contributed by atoms with Crippen molar-refractivity contribution >= 4 is 6.08 Å². The molecular formula is C14H23N3. The molecule has 1 saturated carbocycles. The van der Waals surface area contributed by atoms with Crippen LogP contribution in [0.3, 0.4) is 0 Å². The van der Waals surface area contributed by atoms with Gasteiger partial charge in [0.25, 0.3) is 0 Å². The van der Waals surface area contributed by atoms with Gasteiger partial charge in [0.05, 0.1) is 6.20 Å². The van der Waals surface area contributed by atoms with E-state index in [4.69, 9.17) is 5.73 Å². The van der Waals surface area contributed by atoms with Crippen molar-refractivity contribution in [2.75, 3.05) is 6.54 Å². The van der Waals surface area contributed by atoms with Gasteiger partial charge in [-0.3, -0.25) is 4.68 Å². The normalized spacial score (nSPS) is 18.6. The molecule has 94 valence electrons. The van der Waals surface area contributed by atoms with Crippen LogP contribution in [-0.4, -0.2) is 16.3 Å². The Morgan fingerprint density at radius 1 is 1.47 bits per heavy atom. The molecule has 1 aromatic heterocycles. The molecule has 0 radical (unpaired) electrons. The lowest BCUT2D eigenvalue weighted by atomic mass is 9.83. The first-order chi connectivity index (χ1) is 8.22. The molecule has 2 rings (SSSR count). The smallest absolute Gasteiger partial charge is 0.0564 e. The van der Waals surface area contributed by atoms with Crippen molar-refractivity contribution in [3.05, 3.63) is 23.0 Å². The predicted molar refractivity (Wildman–Crippen MR) is 71.6 cm³/mol. The van der Waals surface area contributed by atoms with Crippen LogP contribution >= 0.6 is 0 Å².